The minimum atomic E-state index is -3.68. The Morgan fingerprint density at radius 3 is 2.26 bits per heavy atom. The quantitative estimate of drug-likeness (QED) is 0.265. The van der Waals surface area contributed by atoms with Crippen molar-refractivity contribution in [1.82, 2.24) is 0 Å². The van der Waals surface area contributed by atoms with E-state index in [-0.39, 0.29) is 10.5 Å². The highest BCUT2D eigenvalue weighted by Crippen LogP contribution is 2.32. The van der Waals surface area contributed by atoms with Crippen LogP contribution < -0.4 is 0 Å². The molecule has 31 heavy (non-hydrogen) atoms. The lowest BCUT2D eigenvalue weighted by Gasteiger charge is -2.08. The summed E-state index contributed by atoms with van der Waals surface area (Å²) in [6.45, 7) is -0.609. The predicted molar refractivity (Wildman–Crippen MR) is 120 cm³/mol. The average Bonchev–Trinajstić information content (AvgIpc) is 2.74. The van der Waals surface area contributed by atoms with E-state index < -0.39 is 27.5 Å². The van der Waals surface area contributed by atoms with Crippen LogP contribution in [0.25, 0.3) is 11.1 Å². The highest BCUT2D eigenvalue weighted by atomic mass is 79.9. The van der Waals surface area contributed by atoms with Crippen LogP contribution in [0.15, 0.2) is 70.0 Å². The van der Waals surface area contributed by atoms with Gasteiger partial charge in [-0.1, -0.05) is 51.8 Å². The van der Waals surface area contributed by atoms with Gasteiger partial charge in [-0.05, 0) is 47.5 Å². The second kappa shape index (κ2) is 11.0. The Hall–Kier alpha value is -2.00. The molecule has 0 saturated heterocycles. The number of benzene rings is 3. The summed E-state index contributed by atoms with van der Waals surface area (Å²) in [4.78, 5) is 11.3. The van der Waals surface area contributed by atoms with Crippen LogP contribution in [0, 0.1) is 5.82 Å². The van der Waals surface area contributed by atoms with Gasteiger partial charge >= 0.3 is 5.97 Å². The monoisotopic (exact) mass is 550 g/mol. The van der Waals surface area contributed by atoms with Crippen molar-refractivity contribution in [1.29, 1.82) is 0 Å². The second-order valence-corrected chi connectivity index (χ2v) is 9.92. The van der Waals surface area contributed by atoms with Crippen LogP contribution in [0.2, 0.25) is 5.02 Å². The molecule has 0 fully saturated rings. The van der Waals surface area contributed by atoms with Crippen molar-refractivity contribution >= 4 is 53.2 Å². The van der Waals surface area contributed by atoms with E-state index in [1.165, 1.54) is 43.5 Å². The molecule has 4 nitrogen and oxygen atoms in total. The zero-order chi connectivity index (χ0) is 23.2. The van der Waals surface area contributed by atoms with Gasteiger partial charge in [0.1, 0.15) is 12.5 Å². The zero-order valence-electron chi connectivity index (χ0n) is 15.9. The topological polar surface area (TPSA) is 60.4 Å². The first kappa shape index (κ1) is 25.3. The maximum Gasteiger partial charge on any atom is 0.340 e. The summed E-state index contributed by atoms with van der Waals surface area (Å²) in [5.41, 5.74) is 1.54. The summed E-state index contributed by atoms with van der Waals surface area (Å²) in [6.07, 6.45) is 0. The van der Waals surface area contributed by atoms with E-state index in [2.05, 4.69) is 20.7 Å². The Balaban J connectivity index is 0.000000245. The van der Waals surface area contributed by atoms with Gasteiger partial charge in [-0.15, -0.1) is 0 Å². The normalized spacial score (nSPS) is 10.8. The minimum absolute atomic E-state index is 0.0126. The smallest absolute Gasteiger partial charge is 0.340 e. The fourth-order valence-corrected chi connectivity index (χ4v) is 3.87. The minimum Gasteiger partial charge on any atom is -0.465 e. The lowest BCUT2D eigenvalue weighted by Crippen LogP contribution is -2.04. The lowest BCUT2D eigenvalue weighted by molar-refractivity contribution is 0.0595. The van der Waals surface area contributed by atoms with Crippen molar-refractivity contribution in [2.45, 2.75) is 11.6 Å². The van der Waals surface area contributed by atoms with Gasteiger partial charge in [0, 0.05) is 25.7 Å². The van der Waals surface area contributed by atoms with Crippen molar-refractivity contribution < 1.29 is 26.7 Å². The van der Waals surface area contributed by atoms with E-state index >= 15 is 0 Å². The number of alkyl halides is 1. The summed E-state index contributed by atoms with van der Waals surface area (Å²) in [6, 6.07) is 15.1. The Bertz CT molecular complexity index is 1190. The highest BCUT2D eigenvalue weighted by molar-refractivity contribution is 9.10. The number of carbonyl (C=O) groups is 1. The third-order valence-electron chi connectivity index (χ3n) is 3.96. The number of ether oxygens (including phenoxy) is 1. The molecule has 0 radical (unpaired) electrons. The van der Waals surface area contributed by atoms with Crippen molar-refractivity contribution in [3.8, 4) is 11.1 Å². The molecule has 0 amide bonds. The third-order valence-corrected chi connectivity index (χ3v) is 6.13. The Morgan fingerprint density at radius 1 is 1.10 bits per heavy atom. The molecule has 0 aromatic heterocycles. The maximum atomic E-state index is 13.9. The van der Waals surface area contributed by atoms with E-state index in [0.717, 1.165) is 10.0 Å². The molecule has 3 aromatic carbocycles. The van der Waals surface area contributed by atoms with Gasteiger partial charge in [-0.2, -0.15) is 0 Å². The third kappa shape index (κ3) is 7.00. The van der Waals surface area contributed by atoms with Crippen LogP contribution in [0.3, 0.4) is 0 Å². The SMILES string of the molecule is COC(=O)c1cc(Cl)c(-c2cccc(Br)c2)cc1F.O=S(=O)(Cl)c1ccc(CF)cc1. The molecule has 0 heterocycles. The van der Waals surface area contributed by atoms with Crippen LogP contribution in [0.1, 0.15) is 15.9 Å². The molecule has 0 N–H and O–H groups in total. The fourth-order valence-electron chi connectivity index (χ4n) is 2.43. The van der Waals surface area contributed by atoms with Crippen molar-refractivity contribution in [3.05, 3.63) is 87.1 Å². The fraction of sp³-hybridized carbons (Fsp3) is 0.0952. The van der Waals surface area contributed by atoms with Crippen LogP contribution in [0.5, 0.6) is 0 Å². The zero-order valence-corrected chi connectivity index (χ0v) is 19.8. The van der Waals surface area contributed by atoms with Crippen LogP contribution in [0.4, 0.5) is 8.78 Å². The number of halogens is 5. The first-order valence-electron chi connectivity index (χ1n) is 8.49. The van der Waals surface area contributed by atoms with Gasteiger partial charge in [0.2, 0.25) is 0 Å². The van der Waals surface area contributed by atoms with Gasteiger partial charge in [0.05, 0.1) is 17.6 Å². The summed E-state index contributed by atoms with van der Waals surface area (Å²) in [7, 11) is 2.55. The molecule has 3 rings (SSSR count). The van der Waals surface area contributed by atoms with Gasteiger partial charge < -0.3 is 4.74 Å². The van der Waals surface area contributed by atoms with E-state index in [0.29, 0.717) is 16.1 Å². The molecule has 0 atom stereocenters. The standard InChI is InChI=1S/C14H9BrClFO2.C7H6ClFO2S/c1-19-14(18)11-6-12(16)10(7-13(11)17)8-3-2-4-9(15)5-8;8-12(10,11)7-3-1-6(5-9)2-4-7/h2-7H,1H3;1-4H,5H2. The molecule has 0 saturated carbocycles. The molecule has 0 unspecified atom stereocenters. The number of hydrogen-bond donors (Lipinski definition) is 0. The first-order valence-corrected chi connectivity index (χ1v) is 12.0. The molecule has 0 aliphatic rings. The van der Waals surface area contributed by atoms with Gasteiger partial charge in [0.25, 0.3) is 9.05 Å². The molecular weight excluding hydrogens is 537 g/mol. The largest absolute Gasteiger partial charge is 0.465 e. The lowest BCUT2D eigenvalue weighted by atomic mass is 10.0. The predicted octanol–water partition coefficient (Wildman–Crippen LogP) is 6.78. The van der Waals surface area contributed by atoms with Gasteiger partial charge in [-0.3, -0.25) is 0 Å². The molecular formula is C21H15BrCl2F2O4S. The Morgan fingerprint density at radius 2 is 1.74 bits per heavy atom. The first-order chi connectivity index (χ1) is 14.6. The second-order valence-electron chi connectivity index (χ2n) is 6.03. The molecule has 3 aromatic rings. The molecule has 164 valence electrons. The Labute approximate surface area is 196 Å². The van der Waals surface area contributed by atoms with Crippen molar-refractivity contribution in [2.24, 2.45) is 0 Å². The number of hydrogen-bond acceptors (Lipinski definition) is 4. The van der Waals surface area contributed by atoms with Gasteiger partial charge in [0.15, 0.2) is 0 Å². The molecule has 0 bridgehead atoms. The Kier molecular flexibility index (Phi) is 9.00. The summed E-state index contributed by atoms with van der Waals surface area (Å²) in [5.74, 6) is -1.41. The van der Waals surface area contributed by atoms with E-state index in [9.17, 15) is 22.0 Å². The summed E-state index contributed by atoms with van der Waals surface area (Å²) in [5, 5.41) is 0.292. The average molecular weight is 552 g/mol. The van der Waals surface area contributed by atoms with Crippen molar-refractivity contribution in [2.75, 3.05) is 7.11 Å². The molecule has 0 aliphatic carbocycles. The number of esters is 1. The molecule has 0 aliphatic heterocycles. The van der Waals surface area contributed by atoms with E-state index in [4.69, 9.17) is 22.3 Å². The van der Waals surface area contributed by atoms with Gasteiger partial charge in [-0.25, -0.2) is 22.0 Å². The van der Waals surface area contributed by atoms with Crippen LogP contribution in [-0.2, 0) is 20.5 Å². The van der Waals surface area contributed by atoms with Crippen LogP contribution in [-0.4, -0.2) is 21.5 Å². The maximum absolute atomic E-state index is 13.9. The van der Waals surface area contributed by atoms with E-state index in [1.54, 1.807) is 0 Å². The number of carbonyl (C=O) groups excluding carboxylic acids is 1. The summed E-state index contributed by atoms with van der Waals surface area (Å²) >= 11 is 9.44. The summed E-state index contributed by atoms with van der Waals surface area (Å²) < 4.78 is 52.6. The molecule has 10 heteroatoms. The van der Waals surface area contributed by atoms with Crippen LogP contribution >= 0.6 is 38.2 Å². The van der Waals surface area contributed by atoms with Crippen molar-refractivity contribution in [3.63, 3.8) is 0 Å². The van der Waals surface area contributed by atoms with E-state index in [1.807, 2.05) is 24.3 Å². The number of rotatable bonds is 4. The molecule has 0 spiro atoms. The number of methoxy groups -OCH3 is 1. The highest BCUT2D eigenvalue weighted by Gasteiger charge is 2.16.